The van der Waals surface area contributed by atoms with Crippen molar-refractivity contribution in [2.24, 2.45) is 4.99 Å². The van der Waals surface area contributed by atoms with E-state index in [1.54, 1.807) is 12.1 Å². The summed E-state index contributed by atoms with van der Waals surface area (Å²) in [6.45, 7) is 4.43. The number of nitrogens with zero attached hydrogens (tertiary/aromatic N) is 2. The van der Waals surface area contributed by atoms with Gasteiger partial charge in [-0.1, -0.05) is 19.1 Å². The minimum absolute atomic E-state index is 0.116. The first-order chi connectivity index (χ1) is 9.88. The predicted molar refractivity (Wildman–Crippen MR) is 77.4 cm³/mol. The molecule has 1 N–H and O–H groups in total. The number of guanidine groups is 1. The van der Waals surface area contributed by atoms with Crippen LogP contribution in [-0.4, -0.2) is 37.5 Å². The molecule has 0 saturated heterocycles. The van der Waals surface area contributed by atoms with Crippen molar-refractivity contribution in [3.05, 3.63) is 35.4 Å². The van der Waals surface area contributed by atoms with E-state index in [4.69, 9.17) is 0 Å². The van der Waals surface area contributed by atoms with Crippen LogP contribution in [0.3, 0.4) is 0 Å². The molecule has 21 heavy (non-hydrogen) atoms. The summed E-state index contributed by atoms with van der Waals surface area (Å²) in [5.41, 5.74) is 0.275. The first-order valence-electron chi connectivity index (χ1n) is 7.04. The average Bonchev–Trinajstić information content (AvgIpc) is 2.45. The summed E-state index contributed by atoms with van der Waals surface area (Å²) in [4.78, 5) is 6.46. The third-order valence-electron chi connectivity index (χ3n) is 3.65. The molecule has 0 amide bonds. The van der Waals surface area contributed by atoms with Gasteiger partial charge in [0.2, 0.25) is 0 Å². The average molecular weight is 299 g/mol. The SMILES string of the molecule is CC(CNC1=NCCCN1C)c1ccc(C(F)(F)F)cc1. The van der Waals surface area contributed by atoms with E-state index in [0.717, 1.165) is 43.2 Å². The molecule has 0 aromatic heterocycles. The summed E-state index contributed by atoms with van der Waals surface area (Å²) in [5.74, 6) is 0.977. The molecule has 1 aliphatic rings. The molecule has 0 saturated carbocycles. The lowest BCUT2D eigenvalue weighted by Gasteiger charge is -2.26. The van der Waals surface area contributed by atoms with Gasteiger partial charge in [-0.2, -0.15) is 13.2 Å². The lowest BCUT2D eigenvalue weighted by Crippen LogP contribution is -2.43. The Morgan fingerprint density at radius 2 is 1.95 bits per heavy atom. The van der Waals surface area contributed by atoms with Crippen LogP contribution in [0.4, 0.5) is 13.2 Å². The molecule has 1 atom stereocenters. The van der Waals surface area contributed by atoms with Crippen LogP contribution in [0.5, 0.6) is 0 Å². The first kappa shape index (κ1) is 15.7. The van der Waals surface area contributed by atoms with Crippen LogP contribution >= 0.6 is 0 Å². The molecule has 0 spiro atoms. The van der Waals surface area contributed by atoms with Crippen LogP contribution < -0.4 is 5.32 Å². The number of rotatable bonds is 3. The van der Waals surface area contributed by atoms with Crippen molar-refractivity contribution in [2.45, 2.75) is 25.4 Å². The third-order valence-corrected chi connectivity index (χ3v) is 3.65. The number of hydrogen-bond acceptors (Lipinski definition) is 3. The fourth-order valence-electron chi connectivity index (χ4n) is 2.27. The van der Waals surface area contributed by atoms with Crippen LogP contribution in [0.25, 0.3) is 0 Å². The van der Waals surface area contributed by atoms with Crippen LogP contribution in [0.15, 0.2) is 29.3 Å². The Balaban J connectivity index is 1.94. The van der Waals surface area contributed by atoms with E-state index < -0.39 is 11.7 Å². The number of alkyl halides is 3. The Kier molecular flexibility index (Phi) is 4.75. The van der Waals surface area contributed by atoms with Crippen LogP contribution in [-0.2, 0) is 6.18 Å². The smallest absolute Gasteiger partial charge is 0.356 e. The van der Waals surface area contributed by atoms with Gasteiger partial charge in [-0.15, -0.1) is 0 Å². The van der Waals surface area contributed by atoms with Gasteiger partial charge < -0.3 is 10.2 Å². The number of nitrogens with one attached hydrogen (secondary N) is 1. The summed E-state index contributed by atoms with van der Waals surface area (Å²) in [7, 11) is 1.98. The third kappa shape index (κ3) is 4.12. The molecule has 1 aromatic rings. The van der Waals surface area contributed by atoms with Gasteiger partial charge in [-0.25, -0.2) is 0 Å². The van der Waals surface area contributed by atoms with Crippen LogP contribution in [0.2, 0.25) is 0 Å². The Bertz CT molecular complexity index is 494. The number of benzene rings is 1. The van der Waals surface area contributed by atoms with E-state index in [0.29, 0.717) is 6.54 Å². The Morgan fingerprint density at radius 3 is 2.52 bits per heavy atom. The maximum atomic E-state index is 12.5. The van der Waals surface area contributed by atoms with E-state index in [1.807, 2.05) is 14.0 Å². The zero-order valence-corrected chi connectivity index (χ0v) is 12.2. The van der Waals surface area contributed by atoms with Crippen molar-refractivity contribution in [1.82, 2.24) is 10.2 Å². The predicted octanol–water partition coefficient (Wildman–Crippen LogP) is 3.09. The second-order valence-electron chi connectivity index (χ2n) is 5.38. The monoisotopic (exact) mass is 299 g/mol. The van der Waals surface area contributed by atoms with Gasteiger partial charge in [0.1, 0.15) is 0 Å². The molecular formula is C15H20F3N3. The number of aliphatic imine (C=N–C) groups is 1. The summed E-state index contributed by atoms with van der Waals surface area (Å²) in [6.07, 6.45) is -3.23. The molecule has 0 fully saturated rings. The standard InChI is InChI=1S/C15H20F3N3/c1-11(10-20-14-19-8-3-9-21(14)2)12-4-6-13(7-5-12)15(16,17)18/h4-7,11H,3,8-10H2,1-2H3,(H,19,20). The highest BCUT2D eigenvalue weighted by atomic mass is 19.4. The first-order valence-corrected chi connectivity index (χ1v) is 7.04. The second-order valence-corrected chi connectivity index (χ2v) is 5.38. The van der Waals surface area contributed by atoms with E-state index >= 15 is 0 Å². The van der Waals surface area contributed by atoms with E-state index in [-0.39, 0.29) is 5.92 Å². The molecular weight excluding hydrogens is 279 g/mol. The minimum Gasteiger partial charge on any atom is -0.356 e. The van der Waals surface area contributed by atoms with Crippen molar-refractivity contribution < 1.29 is 13.2 Å². The summed E-state index contributed by atoms with van der Waals surface area (Å²) in [5, 5.41) is 3.27. The molecule has 1 aliphatic heterocycles. The van der Waals surface area contributed by atoms with E-state index in [9.17, 15) is 13.2 Å². The Labute approximate surface area is 122 Å². The van der Waals surface area contributed by atoms with Crippen molar-refractivity contribution in [1.29, 1.82) is 0 Å². The zero-order chi connectivity index (χ0) is 15.5. The van der Waals surface area contributed by atoms with E-state index in [2.05, 4.69) is 15.2 Å². The summed E-state index contributed by atoms with van der Waals surface area (Å²) in [6, 6.07) is 5.36. The molecule has 3 nitrogen and oxygen atoms in total. The van der Waals surface area contributed by atoms with Gasteiger partial charge in [0.15, 0.2) is 5.96 Å². The van der Waals surface area contributed by atoms with Gasteiger partial charge in [0.05, 0.1) is 5.56 Å². The molecule has 0 radical (unpaired) electrons. The molecule has 2 rings (SSSR count). The highest BCUT2D eigenvalue weighted by Crippen LogP contribution is 2.30. The molecule has 1 heterocycles. The highest BCUT2D eigenvalue weighted by molar-refractivity contribution is 5.80. The van der Waals surface area contributed by atoms with Gasteiger partial charge in [-0.05, 0) is 30.0 Å². The second kappa shape index (κ2) is 6.37. The zero-order valence-electron chi connectivity index (χ0n) is 12.2. The minimum atomic E-state index is -4.28. The lowest BCUT2D eigenvalue weighted by molar-refractivity contribution is -0.137. The van der Waals surface area contributed by atoms with Gasteiger partial charge in [0, 0.05) is 26.7 Å². The van der Waals surface area contributed by atoms with Gasteiger partial charge >= 0.3 is 6.18 Å². The Hall–Kier alpha value is -1.72. The van der Waals surface area contributed by atoms with Gasteiger partial charge in [-0.3, -0.25) is 4.99 Å². The molecule has 0 aliphatic carbocycles. The van der Waals surface area contributed by atoms with Crippen molar-refractivity contribution in [3.63, 3.8) is 0 Å². The molecule has 1 unspecified atom stereocenters. The number of hydrogen-bond donors (Lipinski definition) is 1. The molecule has 0 bridgehead atoms. The van der Waals surface area contributed by atoms with Crippen molar-refractivity contribution >= 4 is 5.96 Å². The fraction of sp³-hybridized carbons (Fsp3) is 0.533. The summed E-state index contributed by atoms with van der Waals surface area (Å²) < 4.78 is 37.6. The number of halogens is 3. The molecule has 6 heteroatoms. The highest BCUT2D eigenvalue weighted by Gasteiger charge is 2.30. The van der Waals surface area contributed by atoms with Crippen molar-refractivity contribution in [2.75, 3.05) is 26.7 Å². The molecule has 116 valence electrons. The normalized spacial score (nSPS) is 17.4. The van der Waals surface area contributed by atoms with Crippen molar-refractivity contribution in [3.8, 4) is 0 Å². The maximum Gasteiger partial charge on any atom is 0.416 e. The topological polar surface area (TPSA) is 27.6 Å². The van der Waals surface area contributed by atoms with Crippen LogP contribution in [0.1, 0.15) is 30.4 Å². The Morgan fingerprint density at radius 1 is 1.29 bits per heavy atom. The quantitative estimate of drug-likeness (QED) is 0.929. The maximum absolute atomic E-state index is 12.5. The lowest BCUT2D eigenvalue weighted by atomic mass is 10.00. The largest absolute Gasteiger partial charge is 0.416 e. The van der Waals surface area contributed by atoms with Crippen LogP contribution in [0, 0.1) is 0 Å². The van der Waals surface area contributed by atoms with Gasteiger partial charge in [0.25, 0.3) is 0 Å². The summed E-state index contributed by atoms with van der Waals surface area (Å²) >= 11 is 0. The fourth-order valence-corrected chi connectivity index (χ4v) is 2.27. The molecule has 1 aromatic carbocycles. The van der Waals surface area contributed by atoms with E-state index in [1.165, 1.54) is 0 Å².